The average molecular weight is 871 g/mol. The van der Waals surface area contributed by atoms with E-state index >= 15 is 0 Å². The van der Waals surface area contributed by atoms with Crippen LogP contribution < -0.4 is 20.2 Å². The van der Waals surface area contributed by atoms with Crippen molar-refractivity contribution in [1.82, 2.24) is 0 Å². The lowest BCUT2D eigenvalue weighted by atomic mass is 9.73. The molecule has 0 fully saturated rings. The first kappa shape index (κ1) is 40.1. The van der Waals surface area contributed by atoms with Gasteiger partial charge in [0.05, 0.1) is 0 Å². The molecule has 0 N–H and O–H groups in total. The van der Waals surface area contributed by atoms with Crippen LogP contribution in [0.25, 0.3) is 39.5 Å². The molecule has 0 saturated heterocycles. The van der Waals surface area contributed by atoms with Crippen LogP contribution in [0.3, 0.4) is 0 Å². The van der Waals surface area contributed by atoms with Gasteiger partial charge in [0.25, 0.3) is 0 Å². The Morgan fingerprint density at radius 3 is 1.43 bits per heavy atom. The molecule has 8 aromatic rings. The first-order chi connectivity index (χ1) is 33.4. The zero-order valence-electron chi connectivity index (χ0n) is 38.8. The van der Waals surface area contributed by atoms with Gasteiger partial charge in [-0.05, 0) is 184 Å². The Bertz CT molecular complexity index is 3570. The summed E-state index contributed by atoms with van der Waals surface area (Å²) in [5, 5.41) is 2.68. The summed E-state index contributed by atoms with van der Waals surface area (Å²) >= 11 is 0. The van der Waals surface area contributed by atoms with Gasteiger partial charge in [-0.2, -0.15) is 0 Å². The second kappa shape index (κ2) is 15.7. The lowest BCUT2D eigenvalue weighted by Crippen LogP contribution is -2.35. The van der Waals surface area contributed by atoms with Crippen molar-refractivity contribution in [3.05, 3.63) is 284 Å². The zero-order chi connectivity index (χ0) is 45.6. The van der Waals surface area contributed by atoms with Gasteiger partial charge in [-0.1, -0.05) is 162 Å². The van der Waals surface area contributed by atoms with Gasteiger partial charge < -0.3 is 9.80 Å². The second-order valence-corrected chi connectivity index (χ2v) is 19.2. The van der Waals surface area contributed by atoms with Gasteiger partial charge in [-0.25, -0.2) is 0 Å². The van der Waals surface area contributed by atoms with Crippen LogP contribution >= 0.6 is 0 Å². The largest absolute Gasteiger partial charge is 0.310 e. The number of anilines is 5. The molecule has 2 unspecified atom stereocenters. The van der Waals surface area contributed by atoms with Crippen LogP contribution in [-0.4, -0.2) is 0 Å². The molecule has 0 radical (unpaired) electrons. The Morgan fingerprint density at radius 1 is 0.368 bits per heavy atom. The van der Waals surface area contributed by atoms with E-state index in [0.29, 0.717) is 0 Å². The van der Waals surface area contributed by atoms with Gasteiger partial charge in [-0.3, -0.25) is 0 Å². The van der Waals surface area contributed by atoms with E-state index in [9.17, 15) is 0 Å². The number of aryl methyl sites for hydroxylation is 4. The molecule has 2 atom stereocenters. The highest BCUT2D eigenvalue weighted by Crippen LogP contribution is 2.59. The van der Waals surface area contributed by atoms with E-state index < -0.39 is 0 Å². The maximum atomic E-state index is 2.59. The number of benzene rings is 8. The Kier molecular flexibility index (Phi) is 9.27. The summed E-state index contributed by atoms with van der Waals surface area (Å²) in [6.45, 7) is 8.65. The minimum atomic E-state index is 0.0519. The van der Waals surface area contributed by atoms with Crippen LogP contribution in [0.15, 0.2) is 240 Å². The van der Waals surface area contributed by atoms with E-state index in [-0.39, 0.29) is 11.8 Å². The minimum absolute atomic E-state index is 0.0519. The summed E-state index contributed by atoms with van der Waals surface area (Å²) in [5.41, 5.74) is 27.9. The predicted molar refractivity (Wildman–Crippen MR) is 285 cm³/mol. The standard InChI is InChI=1S/C66H50N2/c1-41-15-24-48(25-16-41)67(49-26-17-42(2)18-27-49)52-32-34-57-58(38-52)56-36-35-54(45-11-7-5-8-12-45)60-40-61-59-39-53(68(50-28-19-43(3)20-29-50)51-30-21-44(4)22-31-51)37-47-23-33-55(46-13-9-6-10-14-46)64(62(47)59)66(61)65(57)63(56)60/h5-40,62,66H,1-4H3. The number of nitrogens with zero attached hydrogens (tertiary/aromatic N) is 2. The van der Waals surface area contributed by atoms with Gasteiger partial charge in [0, 0.05) is 46.0 Å². The molecular weight excluding hydrogens is 821 g/mol. The Balaban J connectivity index is 1.08. The third kappa shape index (κ3) is 6.39. The zero-order valence-corrected chi connectivity index (χ0v) is 38.8. The van der Waals surface area contributed by atoms with Crippen molar-refractivity contribution in [2.75, 3.05) is 9.80 Å². The fourth-order valence-corrected chi connectivity index (χ4v) is 11.6. The van der Waals surface area contributed by atoms with Gasteiger partial charge in [0.15, 0.2) is 0 Å². The minimum Gasteiger partial charge on any atom is -0.310 e. The van der Waals surface area contributed by atoms with Crippen LogP contribution in [0.5, 0.6) is 0 Å². The molecule has 5 aliphatic rings. The molecule has 2 nitrogen and oxygen atoms in total. The monoisotopic (exact) mass is 870 g/mol. The molecule has 0 aromatic heterocycles. The topological polar surface area (TPSA) is 6.48 Å². The number of rotatable bonds is 8. The van der Waals surface area contributed by atoms with Crippen molar-refractivity contribution in [3.8, 4) is 22.3 Å². The first-order valence-corrected chi connectivity index (χ1v) is 24.0. The molecular formula is C66H50N2. The average Bonchev–Trinajstić information content (AvgIpc) is 3.88. The van der Waals surface area contributed by atoms with Crippen LogP contribution in [-0.2, 0) is 0 Å². The number of fused-ring (bicyclic) bond motifs is 6. The molecule has 8 aromatic carbocycles. The lowest BCUT2D eigenvalue weighted by molar-refractivity contribution is 0.832. The Hall–Kier alpha value is -8.20. The molecule has 0 amide bonds. The van der Waals surface area contributed by atoms with E-state index in [2.05, 4.69) is 256 Å². The summed E-state index contributed by atoms with van der Waals surface area (Å²) in [7, 11) is 0. The van der Waals surface area contributed by atoms with Crippen molar-refractivity contribution in [3.63, 3.8) is 0 Å². The van der Waals surface area contributed by atoms with Gasteiger partial charge in [0.1, 0.15) is 0 Å². The highest BCUT2D eigenvalue weighted by Gasteiger charge is 2.47. The van der Waals surface area contributed by atoms with Crippen LogP contribution in [0.2, 0.25) is 0 Å². The highest BCUT2D eigenvalue weighted by molar-refractivity contribution is 6.01. The molecule has 0 bridgehead atoms. The Morgan fingerprint density at radius 2 is 0.853 bits per heavy atom. The van der Waals surface area contributed by atoms with Gasteiger partial charge >= 0.3 is 0 Å². The van der Waals surface area contributed by atoms with Crippen LogP contribution in [0, 0.1) is 39.5 Å². The van der Waals surface area contributed by atoms with E-state index in [0.717, 1.165) is 28.4 Å². The molecule has 5 aliphatic carbocycles. The molecule has 2 heteroatoms. The van der Waals surface area contributed by atoms with Crippen molar-refractivity contribution < 1.29 is 0 Å². The highest BCUT2D eigenvalue weighted by atomic mass is 15.2. The maximum absolute atomic E-state index is 2.59. The second-order valence-electron chi connectivity index (χ2n) is 19.2. The predicted octanol–water partition coefficient (Wildman–Crippen LogP) is 15.3. The van der Waals surface area contributed by atoms with Crippen molar-refractivity contribution >= 4 is 45.7 Å². The third-order valence-corrected chi connectivity index (χ3v) is 14.8. The molecule has 324 valence electrons. The van der Waals surface area contributed by atoms with Gasteiger partial charge in [0.2, 0.25) is 0 Å². The molecule has 0 saturated carbocycles. The summed E-state index contributed by atoms with van der Waals surface area (Å²) in [6.07, 6.45) is 12.4. The summed E-state index contributed by atoms with van der Waals surface area (Å²) in [4.78, 5) is 4.86. The maximum Gasteiger partial charge on any atom is 0.0468 e. The SMILES string of the molecule is Cc1ccc(N(C2=CC3=C4C=c5c(-c6ccccc6)ccc6c5=C(c5ccc(N(c7ccc(C)cc7)c7ccc(C)cc7)cc5-6)C4C4=C(c5ccccc5)C=CC(=C2)C34)c2ccc(C)cc2)cc1. The third-order valence-electron chi connectivity index (χ3n) is 14.8. The number of hydrogen-bond acceptors (Lipinski definition) is 2. The molecule has 0 heterocycles. The van der Waals surface area contributed by atoms with Crippen molar-refractivity contribution in [2.24, 2.45) is 11.8 Å². The molecule has 0 spiro atoms. The fraction of sp³-hybridized carbons (Fsp3) is 0.0909. The van der Waals surface area contributed by atoms with E-state index in [1.54, 1.807) is 0 Å². The Labute approximate surface area is 399 Å². The molecule has 68 heavy (non-hydrogen) atoms. The quantitative estimate of drug-likeness (QED) is 0.150. The summed E-state index contributed by atoms with van der Waals surface area (Å²) < 4.78 is 0. The van der Waals surface area contributed by atoms with Gasteiger partial charge in [-0.15, -0.1) is 0 Å². The van der Waals surface area contributed by atoms with Crippen molar-refractivity contribution in [1.29, 1.82) is 0 Å². The van der Waals surface area contributed by atoms with E-state index in [1.165, 1.54) is 105 Å². The first-order valence-electron chi connectivity index (χ1n) is 24.0. The smallest absolute Gasteiger partial charge is 0.0468 e. The summed E-state index contributed by atoms with van der Waals surface area (Å²) in [5.74, 6) is 0.163. The lowest BCUT2D eigenvalue weighted by Gasteiger charge is -2.34. The molecule has 0 aliphatic heterocycles. The normalized spacial score (nSPS) is 16.9. The van der Waals surface area contributed by atoms with E-state index in [4.69, 9.17) is 0 Å². The fourth-order valence-electron chi connectivity index (χ4n) is 11.6. The van der Waals surface area contributed by atoms with E-state index in [1.807, 2.05) is 0 Å². The molecule has 13 rings (SSSR count). The number of allylic oxidation sites excluding steroid dienone is 9. The van der Waals surface area contributed by atoms with Crippen molar-refractivity contribution in [2.45, 2.75) is 27.7 Å². The van der Waals surface area contributed by atoms with Crippen LogP contribution in [0.4, 0.5) is 28.4 Å². The number of hydrogen-bond donors (Lipinski definition) is 0. The van der Waals surface area contributed by atoms with Crippen LogP contribution in [0.1, 0.15) is 33.4 Å². The summed E-state index contributed by atoms with van der Waals surface area (Å²) in [6, 6.07) is 70.0.